The molecule has 1 amide bonds. The van der Waals surface area contributed by atoms with E-state index in [0.29, 0.717) is 23.8 Å². The number of carboxylic acid groups (broad SMARTS) is 1. The Kier molecular flexibility index (Phi) is 4.23. The highest BCUT2D eigenvalue weighted by atomic mass is 32.1. The molecule has 1 aromatic heterocycles. The fraction of sp³-hybridized carbons (Fsp3) is 0.571. The summed E-state index contributed by atoms with van der Waals surface area (Å²) < 4.78 is 5.24. The molecule has 6 nitrogen and oxygen atoms in total. The number of ether oxygens (including phenoxy) is 1. The number of fused-ring (bicyclic) bond motifs is 1. The van der Waals surface area contributed by atoms with E-state index in [1.165, 1.54) is 11.3 Å². The topological polar surface area (TPSA) is 78.9 Å². The molecule has 1 aliphatic heterocycles. The summed E-state index contributed by atoms with van der Waals surface area (Å²) in [5, 5.41) is 12.7. The summed E-state index contributed by atoms with van der Waals surface area (Å²) in [6.07, 6.45) is 2.72. The number of thiophene rings is 1. The lowest BCUT2D eigenvalue weighted by Gasteiger charge is -2.25. The Hall–Kier alpha value is -1.44. The number of carboxylic acids is 1. The first-order chi connectivity index (χ1) is 10.1. The van der Waals surface area contributed by atoms with Gasteiger partial charge in [-0.3, -0.25) is 9.69 Å². The maximum atomic E-state index is 12.1. The van der Waals surface area contributed by atoms with Gasteiger partial charge in [-0.1, -0.05) is 0 Å². The Morgan fingerprint density at radius 1 is 1.29 bits per heavy atom. The average molecular weight is 310 g/mol. The molecule has 0 unspecified atom stereocenters. The van der Waals surface area contributed by atoms with Crippen molar-refractivity contribution in [3.05, 3.63) is 16.0 Å². The molecule has 114 valence electrons. The Morgan fingerprint density at radius 2 is 2.05 bits per heavy atom. The number of rotatable bonds is 4. The molecule has 0 saturated carbocycles. The first kappa shape index (κ1) is 14.5. The van der Waals surface area contributed by atoms with E-state index in [9.17, 15) is 14.7 Å². The van der Waals surface area contributed by atoms with Crippen LogP contribution in [0.5, 0.6) is 0 Å². The van der Waals surface area contributed by atoms with E-state index >= 15 is 0 Å². The number of morpholine rings is 1. The lowest BCUT2D eigenvalue weighted by Crippen LogP contribution is -2.41. The monoisotopic (exact) mass is 310 g/mol. The van der Waals surface area contributed by atoms with Crippen molar-refractivity contribution in [2.24, 2.45) is 0 Å². The molecular weight excluding hydrogens is 292 g/mol. The van der Waals surface area contributed by atoms with Crippen LogP contribution in [0.1, 0.15) is 27.2 Å². The molecule has 1 saturated heterocycles. The van der Waals surface area contributed by atoms with Gasteiger partial charge in [-0.25, -0.2) is 4.79 Å². The van der Waals surface area contributed by atoms with Crippen molar-refractivity contribution in [1.29, 1.82) is 0 Å². The van der Waals surface area contributed by atoms with Crippen molar-refractivity contribution >= 4 is 28.2 Å². The molecule has 1 aromatic rings. The molecule has 2 N–H and O–H groups in total. The number of aromatic carboxylic acids is 1. The molecule has 1 fully saturated rings. The van der Waals surface area contributed by atoms with Gasteiger partial charge in [-0.15, -0.1) is 11.3 Å². The summed E-state index contributed by atoms with van der Waals surface area (Å²) in [5.41, 5.74) is 1.21. The van der Waals surface area contributed by atoms with Crippen LogP contribution in [0, 0.1) is 0 Å². The van der Waals surface area contributed by atoms with Crippen molar-refractivity contribution in [1.82, 2.24) is 4.90 Å². The van der Waals surface area contributed by atoms with Crippen molar-refractivity contribution in [2.75, 3.05) is 38.2 Å². The second-order valence-corrected chi connectivity index (χ2v) is 6.41. The minimum Gasteiger partial charge on any atom is -0.478 e. The van der Waals surface area contributed by atoms with Crippen molar-refractivity contribution < 1.29 is 19.4 Å². The van der Waals surface area contributed by atoms with Crippen LogP contribution in [0.4, 0.5) is 5.00 Å². The third kappa shape index (κ3) is 3.09. The van der Waals surface area contributed by atoms with Gasteiger partial charge in [0.05, 0.1) is 25.3 Å². The van der Waals surface area contributed by atoms with E-state index in [1.54, 1.807) is 0 Å². The molecule has 1 aliphatic carbocycles. The fourth-order valence-electron chi connectivity index (χ4n) is 2.85. The summed E-state index contributed by atoms with van der Waals surface area (Å²) in [6.45, 7) is 3.03. The molecule has 0 radical (unpaired) electrons. The molecule has 3 rings (SSSR count). The third-order valence-corrected chi connectivity index (χ3v) is 5.07. The minimum atomic E-state index is -0.948. The van der Waals surface area contributed by atoms with E-state index in [0.717, 1.165) is 42.8 Å². The summed E-state index contributed by atoms with van der Waals surface area (Å²) in [7, 11) is 0. The zero-order valence-corrected chi connectivity index (χ0v) is 12.5. The second kappa shape index (κ2) is 6.13. The summed E-state index contributed by atoms with van der Waals surface area (Å²) in [5.74, 6) is -1.10. The number of carbonyl (C=O) groups is 2. The van der Waals surface area contributed by atoms with Crippen LogP contribution in [0.25, 0.3) is 0 Å². The van der Waals surface area contributed by atoms with Crippen LogP contribution in [-0.2, 0) is 22.4 Å². The van der Waals surface area contributed by atoms with Crippen LogP contribution in [-0.4, -0.2) is 54.7 Å². The van der Waals surface area contributed by atoms with Gasteiger partial charge in [0.25, 0.3) is 0 Å². The van der Waals surface area contributed by atoms with Gasteiger partial charge >= 0.3 is 5.97 Å². The van der Waals surface area contributed by atoms with Gasteiger partial charge in [-0.05, 0) is 24.8 Å². The predicted molar refractivity (Wildman–Crippen MR) is 79.2 cm³/mol. The normalized spacial score (nSPS) is 18.5. The number of carbonyl (C=O) groups excluding carboxylic acids is 1. The Labute approximate surface area is 126 Å². The van der Waals surface area contributed by atoms with Crippen LogP contribution < -0.4 is 5.32 Å². The van der Waals surface area contributed by atoms with Crippen molar-refractivity contribution in [3.63, 3.8) is 0 Å². The second-order valence-electron chi connectivity index (χ2n) is 5.30. The first-order valence-electron chi connectivity index (χ1n) is 7.13. The zero-order chi connectivity index (χ0) is 14.8. The lowest BCUT2D eigenvalue weighted by molar-refractivity contribution is -0.118. The maximum absolute atomic E-state index is 12.1. The van der Waals surface area contributed by atoms with Gasteiger partial charge in [0.2, 0.25) is 5.91 Å². The highest BCUT2D eigenvalue weighted by molar-refractivity contribution is 7.17. The fourth-order valence-corrected chi connectivity index (χ4v) is 4.14. The molecule has 0 spiro atoms. The van der Waals surface area contributed by atoms with E-state index < -0.39 is 5.97 Å². The van der Waals surface area contributed by atoms with Crippen LogP contribution in [0.15, 0.2) is 0 Å². The number of nitrogens with zero attached hydrogens (tertiary/aromatic N) is 1. The van der Waals surface area contributed by atoms with E-state index in [2.05, 4.69) is 5.32 Å². The molecule has 0 atom stereocenters. The van der Waals surface area contributed by atoms with Gasteiger partial charge in [-0.2, -0.15) is 0 Å². The highest BCUT2D eigenvalue weighted by Gasteiger charge is 2.27. The van der Waals surface area contributed by atoms with E-state index in [4.69, 9.17) is 4.74 Å². The molecule has 2 heterocycles. The largest absolute Gasteiger partial charge is 0.478 e. The molecule has 0 aromatic carbocycles. The SMILES string of the molecule is O=C(CN1CCOCC1)Nc1sc2c(c1C(=O)O)CCC2. The van der Waals surface area contributed by atoms with Crippen molar-refractivity contribution in [2.45, 2.75) is 19.3 Å². The maximum Gasteiger partial charge on any atom is 0.339 e. The number of anilines is 1. The lowest BCUT2D eigenvalue weighted by atomic mass is 10.1. The van der Waals surface area contributed by atoms with Crippen LogP contribution in [0.3, 0.4) is 0 Å². The number of hydrogen-bond donors (Lipinski definition) is 2. The number of nitrogens with one attached hydrogen (secondary N) is 1. The predicted octanol–water partition coefficient (Wildman–Crippen LogP) is 1.21. The number of aryl methyl sites for hydroxylation is 1. The molecule has 2 aliphatic rings. The van der Waals surface area contributed by atoms with Crippen molar-refractivity contribution in [3.8, 4) is 0 Å². The van der Waals surface area contributed by atoms with Gasteiger partial charge in [0.1, 0.15) is 5.00 Å². The summed E-state index contributed by atoms with van der Waals surface area (Å²) >= 11 is 1.41. The van der Waals surface area contributed by atoms with Crippen LogP contribution in [0.2, 0.25) is 0 Å². The van der Waals surface area contributed by atoms with Crippen LogP contribution >= 0.6 is 11.3 Å². The Morgan fingerprint density at radius 3 is 2.76 bits per heavy atom. The van der Waals surface area contributed by atoms with Gasteiger partial charge < -0.3 is 15.2 Å². The van der Waals surface area contributed by atoms with Gasteiger partial charge in [0.15, 0.2) is 0 Å². The molecule has 21 heavy (non-hydrogen) atoms. The standard InChI is InChI=1S/C14H18N2O4S/c17-11(8-16-4-6-20-7-5-16)15-13-12(14(18)19)9-2-1-3-10(9)21-13/h1-8H2,(H,15,17)(H,18,19). The third-order valence-electron chi connectivity index (χ3n) is 3.86. The molecule has 0 bridgehead atoms. The molecule has 7 heteroatoms. The first-order valence-corrected chi connectivity index (χ1v) is 7.94. The average Bonchev–Trinajstić information content (AvgIpc) is 2.99. The number of amides is 1. The smallest absolute Gasteiger partial charge is 0.339 e. The summed E-state index contributed by atoms with van der Waals surface area (Å²) in [4.78, 5) is 26.7. The summed E-state index contributed by atoms with van der Waals surface area (Å²) in [6, 6.07) is 0. The minimum absolute atomic E-state index is 0.153. The molecular formula is C14H18N2O4S. The van der Waals surface area contributed by atoms with E-state index in [1.807, 2.05) is 4.90 Å². The number of hydrogen-bond acceptors (Lipinski definition) is 5. The Bertz CT molecular complexity index is 564. The quantitative estimate of drug-likeness (QED) is 0.874. The zero-order valence-electron chi connectivity index (χ0n) is 11.7. The Balaban J connectivity index is 1.69. The highest BCUT2D eigenvalue weighted by Crippen LogP contribution is 2.39. The van der Waals surface area contributed by atoms with E-state index in [-0.39, 0.29) is 12.5 Å². The van der Waals surface area contributed by atoms with Gasteiger partial charge in [0, 0.05) is 18.0 Å².